The zero-order valence-corrected chi connectivity index (χ0v) is 18.5. The molecule has 166 valence electrons. The van der Waals surface area contributed by atoms with E-state index in [0.717, 1.165) is 50.1 Å². The van der Waals surface area contributed by atoms with Crippen molar-refractivity contribution >= 4 is 11.8 Å². The van der Waals surface area contributed by atoms with Gasteiger partial charge >= 0.3 is 0 Å². The van der Waals surface area contributed by atoms with Crippen molar-refractivity contribution in [1.82, 2.24) is 10.2 Å². The van der Waals surface area contributed by atoms with Crippen LogP contribution in [0.15, 0.2) is 54.6 Å². The number of nitrogens with zero attached hydrogens (tertiary/aromatic N) is 1. The van der Waals surface area contributed by atoms with E-state index in [-0.39, 0.29) is 11.8 Å². The number of nitrogens with one attached hydrogen (secondary N) is 1. The molecule has 2 amide bonds. The lowest BCUT2D eigenvalue weighted by Crippen LogP contribution is -2.40. The van der Waals surface area contributed by atoms with Crippen LogP contribution in [0.1, 0.15) is 43.7 Å². The van der Waals surface area contributed by atoms with Crippen LogP contribution in [0.4, 0.5) is 0 Å². The SMILES string of the molecule is CCOc1ccc(CCC2CCN(C(=O)CCNC(=O)Cc3ccccc3)CC2)cc1. The molecule has 5 nitrogen and oxygen atoms in total. The van der Waals surface area contributed by atoms with Gasteiger partial charge in [-0.25, -0.2) is 0 Å². The van der Waals surface area contributed by atoms with E-state index >= 15 is 0 Å². The van der Waals surface area contributed by atoms with Gasteiger partial charge in [-0.1, -0.05) is 42.5 Å². The second kappa shape index (κ2) is 12.1. The van der Waals surface area contributed by atoms with Crippen LogP contribution in [-0.4, -0.2) is 43.0 Å². The predicted molar refractivity (Wildman–Crippen MR) is 123 cm³/mol. The lowest BCUT2D eigenvalue weighted by atomic mass is 9.90. The fourth-order valence-electron chi connectivity index (χ4n) is 4.07. The van der Waals surface area contributed by atoms with E-state index in [1.807, 2.05) is 54.3 Å². The van der Waals surface area contributed by atoms with Crippen LogP contribution in [0.2, 0.25) is 0 Å². The van der Waals surface area contributed by atoms with Crippen LogP contribution < -0.4 is 10.1 Å². The first-order chi connectivity index (χ1) is 15.1. The highest BCUT2D eigenvalue weighted by molar-refractivity contribution is 5.80. The first-order valence-corrected chi connectivity index (χ1v) is 11.4. The molecule has 31 heavy (non-hydrogen) atoms. The van der Waals surface area contributed by atoms with Crippen molar-refractivity contribution in [3.63, 3.8) is 0 Å². The Hall–Kier alpha value is -2.82. The van der Waals surface area contributed by atoms with E-state index in [2.05, 4.69) is 17.4 Å². The van der Waals surface area contributed by atoms with E-state index in [1.54, 1.807) is 0 Å². The van der Waals surface area contributed by atoms with Crippen molar-refractivity contribution in [2.45, 2.75) is 45.4 Å². The Morgan fingerprint density at radius 1 is 1.00 bits per heavy atom. The van der Waals surface area contributed by atoms with Crippen LogP contribution >= 0.6 is 0 Å². The summed E-state index contributed by atoms with van der Waals surface area (Å²) in [4.78, 5) is 26.4. The predicted octanol–water partition coefficient (Wildman–Crippen LogP) is 4.01. The third kappa shape index (κ3) is 7.74. The zero-order chi connectivity index (χ0) is 21.9. The quantitative estimate of drug-likeness (QED) is 0.629. The Morgan fingerprint density at radius 3 is 2.39 bits per heavy atom. The highest BCUT2D eigenvalue weighted by Crippen LogP contribution is 2.23. The summed E-state index contributed by atoms with van der Waals surface area (Å²) in [5.41, 5.74) is 2.33. The van der Waals surface area contributed by atoms with Gasteiger partial charge in [-0.05, 0) is 61.8 Å². The van der Waals surface area contributed by atoms with Crippen molar-refractivity contribution < 1.29 is 14.3 Å². The van der Waals surface area contributed by atoms with Gasteiger partial charge in [-0.2, -0.15) is 0 Å². The molecule has 0 spiro atoms. The van der Waals surface area contributed by atoms with Gasteiger partial charge in [-0.3, -0.25) is 9.59 Å². The average Bonchev–Trinajstić information content (AvgIpc) is 2.80. The molecular weight excluding hydrogens is 388 g/mol. The largest absolute Gasteiger partial charge is 0.494 e. The number of carbonyl (C=O) groups excluding carboxylic acids is 2. The van der Waals surface area contributed by atoms with Crippen molar-refractivity contribution in [2.24, 2.45) is 5.92 Å². The van der Waals surface area contributed by atoms with E-state index in [9.17, 15) is 9.59 Å². The van der Waals surface area contributed by atoms with Crippen LogP contribution in [0.5, 0.6) is 5.75 Å². The molecule has 1 heterocycles. The van der Waals surface area contributed by atoms with Gasteiger partial charge < -0.3 is 15.0 Å². The molecule has 1 saturated heterocycles. The minimum Gasteiger partial charge on any atom is -0.494 e. The first kappa shape index (κ1) is 22.9. The average molecular weight is 423 g/mol. The molecule has 0 aliphatic carbocycles. The van der Waals surface area contributed by atoms with Gasteiger partial charge in [0.05, 0.1) is 13.0 Å². The summed E-state index contributed by atoms with van der Waals surface area (Å²) in [5.74, 6) is 1.70. The molecule has 5 heteroatoms. The normalized spacial score (nSPS) is 14.3. The maximum atomic E-state index is 12.5. The molecule has 0 atom stereocenters. The number of amides is 2. The number of hydrogen-bond acceptors (Lipinski definition) is 3. The summed E-state index contributed by atoms with van der Waals surface area (Å²) in [6, 6.07) is 18.0. The summed E-state index contributed by atoms with van der Waals surface area (Å²) in [7, 11) is 0. The zero-order valence-electron chi connectivity index (χ0n) is 18.5. The maximum Gasteiger partial charge on any atom is 0.224 e. The number of benzene rings is 2. The molecule has 2 aromatic carbocycles. The van der Waals surface area contributed by atoms with Crippen molar-refractivity contribution in [3.05, 3.63) is 65.7 Å². The molecular formula is C26H34N2O3. The van der Waals surface area contributed by atoms with Gasteiger partial charge in [0.15, 0.2) is 0 Å². The molecule has 1 aliphatic rings. The fraction of sp³-hybridized carbons (Fsp3) is 0.462. The van der Waals surface area contributed by atoms with Crippen molar-refractivity contribution in [2.75, 3.05) is 26.2 Å². The molecule has 0 aromatic heterocycles. The Labute approximate surface area is 185 Å². The summed E-state index contributed by atoms with van der Waals surface area (Å²) in [6.45, 7) is 4.74. The van der Waals surface area contributed by atoms with Crippen molar-refractivity contribution in [3.8, 4) is 5.75 Å². The molecule has 1 fully saturated rings. The third-order valence-electron chi connectivity index (χ3n) is 5.91. The Kier molecular flexibility index (Phi) is 8.95. The molecule has 0 saturated carbocycles. The van der Waals surface area contributed by atoms with Crippen LogP contribution in [0, 0.1) is 5.92 Å². The van der Waals surface area contributed by atoms with Gasteiger partial charge in [0, 0.05) is 26.1 Å². The Bertz CT molecular complexity index is 812. The van der Waals surface area contributed by atoms with E-state index < -0.39 is 0 Å². The molecule has 0 unspecified atom stereocenters. The minimum atomic E-state index is -0.0352. The van der Waals surface area contributed by atoms with Gasteiger partial charge in [0.2, 0.25) is 11.8 Å². The third-order valence-corrected chi connectivity index (χ3v) is 5.91. The van der Waals surface area contributed by atoms with E-state index in [1.165, 1.54) is 5.56 Å². The number of hydrogen-bond donors (Lipinski definition) is 1. The molecule has 0 bridgehead atoms. The molecule has 2 aromatic rings. The fourth-order valence-corrected chi connectivity index (χ4v) is 4.07. The number of ether oxygens (including phenoxy) is 1. The molecule has 3 rings (SSSR count). The number of aryl methyl sites for hydroxylation is 1. The van der Waals surface area contributed by atoms with Crippen molar-refractivity contribution in [1.29, 1.82) is 0 Å². The van der Waals surface area contributed by atoms with Crippen LogP contribution in [0.3, 0.4) is 0 Å². The maximum absolute atomic E-state index is 12.5. The number of rotatable bonds is 10. The van der Waals surface area contributed by atoms with Crippen LogP contribution in [0.25, 0.3) is 0 Å². The number of piperidine rings is 1. The highest BCUT2D eigenvalue weighted by Gasteiger charge is 2.22. The monoisotopic (exact) mass is 422 g/mol. The summed E-state index contributed by atoms with van der Waals surface area (Å²) >= 11 is 0. The van der Waals surface area contributed by atoms with Crippen LogP contribution in [-0.2, 0) is 22.4 Å². The molecule has 1 N–H and O–H groups in total. The first-order valence-electron chi connectivity index (χ1n) is 11.4. The molecule has 1 aliphatic heterocycles. The lowest BCUT2D eigenvalue weighted by Gasteiger charge is -2.32. The van der Waals surface area contributed by atoms with E-state index in [0.29, 0.717) is 31.9 Å². The summed E-state index contributed by atoms with van der Waals surface area (Å²) < 4.78 is 5.50. The minimum absolute atomic E-state index is 0.0352. The van der Waals surface area contributed by atoms with Gasteiger partial charge in [0.25, 0.3) is 0 Å². The Balaban J connectivity index is 1.30. The number of likely N-dealkylation sites (tertiary alicyclic amines) is 1. The second-order valence-corrected chi connectivity index (χ2v) is 8.20. The highest BCUT2D eigenvalue weighted by atomic mass is 16.5. The van der Waals surface area contributed by atoms with Gasteiger partial charge in [-0.15, -0.1) is 0 Å². The number of carbonyl (C=O) groups is 2. The smallest absolute Gasteiger partial charge is 0.224 e. The van der Waals surface area contributed by atoms with E-state index in [4.69, 9.17) is 4.74 Å². The summed E-state index contributed by atoms with van der Waals surface area (Å²) in [6.07, 6.45) is 5.07. The van der Waals surface area contributed by atoms with Gasteiger partial charge in [0.1, 0.15) is 5.75 Å². The topological polar surface area (TPSA) is 58.6 Å². The Morgan fingerprint density at radius 2 is 1.71 bits per heavy atom. The second-order valence-electron chi connectivity index (χ2n) is 8.20. The summed E-state index contributed by atoms with van der Waals surface area (Å²) in [5, 5.41) is 2.86. The standard InChI is InChI=1S/C26H34N2O3/c1-2-31-24-12-10-21(11-13-24)8-9-22-15-18-28(19-16-22)26(30)14-17-27-25(29)20-23-6-4-3-5-7-23/h3-7,10-13,22H,2,8-9,14-20H2,1H3,(H,27,29). The lowest BCUT2D eigenvalue weighted by molar-refractivity contribution is -0.132. The molecule has 0 radical (unpaired) electrons.